The quantitative estimate of drug-likeness (QED) is 0.911. The molecule has 1 aliphatic rings. The van der Waals surface area contributed by atoms with E-state index in [0.717, 1.165) is 24.2 Å². The zero-order chi connectivity index (χ0) is 10.5. The number of halogens is 1. The molecule has 82 valence electrons. The van der Waals surface area contributed by atoms with E-state index in [1.165, 1.54) is 18.4 Å². The molecular weight excluding hydrogens is 254 g/mol. The lowest BCUT2D eigenvalue weighted by atomic mass is 10.1. The first-order chi connectivity index (χ1) is 7.34. The number of benzene rings is 1. The largest absolute Gasteiger partial charge is 0.380 e. The van der Waals surface area contributed by atoms with Crippen LogP contribution in [0.1, 0.15) is 18.4 Å². The Morgan fingerprint density at radius 3 is 2.80 bits per heavy atom. The molecule has 1 N–H and O–H groups in total. The van der Waals surface area contributed by atoms with Crippen LogP contribution in [0, 0.1) is 0 Å². The molecule has 3 heteroatoms. The molecule has 0 aromatic heterocycles. The monoisotopic (exact) mass is 269 g/mol. The van der Waals surface area contributed by atoms with E-state index in [4.69, 9.17) is 4.74 Å². The van der Waals surface area contributed by atoms with Crippen LogP contribution in [0.3, 0.4) is 0 Å². The molecule has 1 atom stereocenters. The van der Waals surface area contributed by atoms with Gasteiger partial charge in [0.2, 0.25) is 0 Å². The molecule has 1 unspecified atom stereocenters. The zero-order valence-electron chi connectivity index (χ0n) is 8.71. The van der Waals surface area contributed by atoms with E-state index in [1.54, 1.807) is 0 Å². The molecule has 0 aliphatic carbocycles. The number of ether oxygens (including phenoxy) is 1. The highest BCUT2D eigenvalue weighted by molar-refractivity contribution is 9.10. The molecule has 0 saturated carbocycles. The molecular formula is C12H16BrNO. The average molecular weight is 270 g/mol. The summed E-state index contributed by atoms with van der Waals surface area (Å²) in [5.41, 5.74) is 1.32. The van der Waals surface area contributed by atoms with Gasteiger partial charge in [-0.05, 0) is 30.5 Å². The van der Waals surface area contributed by atoms with Gasteiger partial charge >= 0.3 is 0 Å². The summed E-state index contributed by atoms with van der Waals surface area (Å²) in [7, 11) is 0. The van der Waals surface area contributed by atoms with Gasteiger partial charge in [-0.1, -0.05) is 28.1 Å². The first-order valence-electron chi connectivity index (χ1n) is 5.40. The summed E-state index contributed by atoms with van der Waals surface area (Å²) >= 11 is 3.43. The highest BCUT2D eigenvalue weighted by atomic mass is 79.9. The number of hydrogen-bond donors (Lipinski definition) is 1. The zero-order valence-corrected chi connectivity index (χ0v) is 10.3. The summed E-state index contributed by atoms with van der Waals surface area (Å²) < 4.78 is 6.55. The number of nitrogens with one attached hydrogen (secondary N) is 1. The van der Waals surface area contributed by atoms with Gasteiger partial charge in [0.05, 0.1) is 6.61 Å². The molecule has 1 aromatic carbocycles. The Morgan fingerprint density at radius 2 is 2.13 bits per heavy atom. The van der Waals surface area contributed by atoms with Crippen LogP contribution in [0.4, 0.5) is 0 Å². The Kier molecular flexibility index (Phi) is 4.18. The molecule has 0 amide bonds. The van der Waals surface area contributed by atoms with Crippen LogP contribution in [0.5, 0.6) is 0 Å². The Morgan fingerprint density at radius 1 is 1.33 bits per heavy atom. The maximum atomic E-state index is 5.42. The lowest BCUT2D eigenvalue weighted by molar-refractivity contribution is 0.0699. The minimum Gasteiger partial charge on any atom is -0.380 e. The SMILES string of the molecule is Brc1ccc(CNC2CCCOC2)cc1. The van der Waals surface area contributed by atoms with E-state index in [2.05, 4.69) is 45.5 Å². The van der Waals surface area contributed by atoms with Gasteiger partial charge < -0.3 is 10.1 Å². The van der Waals surface area contributed by atoms with Gasteiger partial charge in [0.1, 0.15) is 0 Å². The van der Waals surface area contributed by atoms with E-state index >= 15 is 0 Å². The second-order valence-electron chi connectivity index (χ2n) is 3.92. The van der Waals surface area contributed by atoms with Gasteiger partial charge in [0, 0.05) is 23.7 Å². The van der Waals surface area contributed by atoms with E-state index in [-0.39, 0.29) is 0 Å². The van der Waals surface area contributed by atoms with Crippen LogP contribution in [0.15, 0.2) is 28.7 Å². The van der Waals surface area contributed by atoms with E-state index in [1.807, 2.05) is 0 Å². The van der Waals surface area contributed by atoms with Crippen molar-refractivity contribution in [3.8, 4) is 0 Å². The molecule has 1 heterocycles. The van der Waals surface area contributed by atoms with E-state index in [9.17, 15) is 0 Å². The van der Waals surface area contributed by atoms with Crippen LogP contribution in [-0.2, 0) is 11.3 Å². The molecule has 0 radical (unpaired) electrons. The summed E-state index contributed by atoms with van der Waals surface area (Å²) in [6, 6.07) is 8.96. The topological polar surface area (TPSA) is 21.3 Å². The van der Waals surface area contributed by atoms with Crippen molar-refractivity contribution in [2.45, 2.75) is 25.4 Å². The standard InChI is InChI=1S/C12H16BrNO/c13-11-5-3-10(4-6-11)8-14-12-2-1-7-15-9-12/h3-6,12,14H,1-2,7-9H2. The molecule has 0 spiro atoms. The van der Waals surface area contributed by atoms with Crippen LogP contribution in [-0.4, -0.2) is 19.3 Å². The molecule has 1 aromatic rings. The fraction of sp³-hybridized carbons (Fsp3) is 0.500. The summed E-state index contributed by atoms with van der Waals surface area (Å²) in [5, 5.41) is 3.52. The van der Waals surface area contributed by atoms with Gasteiger partial charge in [-0.15, -0.1) is 0 Å². The first kappa shape index (κ1) is 11.1. The summed E-state index contributed by atoms with van der Waals surface area (Å²) in [4.78, 5) is 0. The normalized spacial score (nSPS) is 21.5. The minimum atomic E-state index is 0.530. The molecule has 1 fully saturated rings. The summed E-state index contributed by atoms with van der Waals surface area (Å²) in [6.07, 6.45) is 2.41. The van der Waals surface area contributed by atoms with Crippen molar-refractivity contribution in [2.75, 3.05) is 13.2 Å². The van der Waals surface area contributed by atoms with Crippen molar-refractivity contribution < 1.29 is 4.74 Å². The lowest BCUT2D eigenvalue weighted by Crippen LogP contribution is -2.36. The average Bonchev–Trinajstić information content (AvgIpc) is 2.30. The number of hydrogen-bond acceptors (Lipinski definition) is 2. The van der Waals surface area contributed by atoms with Crippen molar-refractivity contribution >= 4 is 15.9 Å². The Balaban J connectivity index is 1.79. The highest BCUT2D eigenvalue weighted by Crippen LogP contribution is 2.11. The van der Waals surface area contributed by atoms with E-state index < -0.39 is 0 Å². The highest BCUT2D eigenvalue weighted by Gasteiger charge is 2.12. The van der Waals surface area contributed by atoms with Crippen LogP contribution in [0.25, 0.3) is 0 Å². The predicted octanol–water partition coefficient (Wildman–Crippen LogP) is 2.72. The fourth-order valence-corrected chi connectivity index (χ4v) is 2.03. The Hall–Kier alpha value is -0.380. The van der Waals surface area contributed by atoms with Gasteiger partial charge in [-0.2, -0.15) is 0 Å². The van der Waals surface area contributed by atoms with Crippen molar-refractivity contribution in [1.82, 2.24) is 5.32 Å². The molecule has 2 rings (SSSR count). The third-order valence-corrected chi connectivity index (χ3v) is 3.20. The number of rotatable bonds is 3. The summed E-state index contributed by atoms with van der Waals surface area (Å²) in [6.45, 7) is 2.72. The van der Waals surface area contributed by atoms with Crippen LogP contribution in [0.2, 0.25) is 0 Å². The molecule has 0 bridgehead atoms. The second kappa shape index (κ2) is 5.64. The van der Waals surface area contributed by atoms with Crippen molar-refractivity contribution in [3.05, 3.63) is 34.3 Å². The second-order valence-corrected chi connectivity index (χ2v) is 4.84. The van der Waals surface area contributed by atoms with Crippen LogP contribution < -0.4 is 5.32 Å². The molecule has 15 heavy (non-hydrogen) atoms. The lowest BCUT2D eigenvalue weighted by Gasteiger charge is -2.23. The summed E-state index contributed by atoms with van der Waals surface area (Å²) in [5.74, 6) is 0. The fourth-order valence-electron chi connectivity index (χ4n) is 1.77. The van der Waals surface area contributed by atoms with Gasteiger partial charge in [0.15, 0.2) is 0 Å². The molecule has 1 aliphatic heterocycles. The van der Waals surface area contributed by atoms with Crippen LogP contribution >= 0.6 is 15.9 Å². The minimum absolute atomic E-state index is 0.530. The molecule has 2 nitrogen and oxygen atoms in total. The van der Waals surface area contributed by atoms with Crippen molar-refractivity contribution in [2.24, 2.45) is 0 Å². The first-order valence-corrected chi connectivity index (χ1v) is 6.19. The maximum Gasteiger partial charge on any atom is 0.0619 e. The van der Waals surface area contributed by atoms with Crippen molar-refractivity contribution in [1.29, 1.82) is 0 Å². The van der Waals surface area contributed by atoms with Gasteiger partial charge in [0.25, 0.3) is 0 Å². The molecule has 1 saturated heterocycles. The smallest absolute Gasteiger partial charge is 0.0619 e. The third kappa shape index (κ3) is 3.59. The maximum absolute atomic E-state index is 5.42. The Labute approximate surface area is 99.1 Å². The predicted molar refractivity (Wildman–Crippen MR) is 64.8 cm³/mol. The van der Waals surface area contributed by atoms with Gasteiger partial charge in [-0.3, -0.25) is 0 Å². The van der Waals surface area contributed by atoms with Gasteiger partial charge in [-0.25, -0.2) is 0 Å². The Bertz CT molecular complexity index is 293. The van der Waals surface area contributed by atoms with E-state index in [0.29, 0.717) is 6.04 Å². The van der Waals surface area contributed by atoms with Crippen molar-refractivity contribution in [3.63, 3.8) is 0 Å². The third-order valence-electron chi connectivity index (χ3n) is 2.67.